The van der Waals surface area contributed by atoms with Gasteiger partial charge in [0.15, 0.2) is 5.78 Å². The molecule has 0 amide bonds. The second kappa shape index (κ2) is 7.35. The van der Waals surface area contributed by atoms with Gasteiger partial charge in [0.1, 0.15) is 0 Å². The summed E-state index contributed by atoms with van der Waals surface area (Å²) in [5.41, 5.74) is 5.19. The molecule has 0 aliphatic heterocycles. The number of ketones is 1. The van der Waals surface area contributed by atoms with Crippen molar-refractivity contribution in [3.05, 3.63) is 34.4 Å². The summed E-state index contributed by atoms with van der Waals surface area (Å²) in [6.45, 7) is 8.19. The lowest BCUT2D eigenvalue weighted by Gasteiger charge is -2.12. The van der Waals surface area contributed by atoms with Crippen LogP contribution in [0.25, 0.3) is 0 Å². The molecule has 0 aromatic heterocycles. The normalized spacial score (nSPS) is 19.6. The number of rotatable bonds is 1. The molecule has 100 valence electrons. The highest BCUT2D eigenvalue weighted by atomic mass is 16.1. The Morgan fingerprint density at radius 2 is 1.39 bits per heavy atom. The Morgan fingerprint density at radius 3 is 1.89 bits per heavy atom. The van der Waals surface area contributed by atoms with Crippen LogP contribution in [0.5, 0.6) is 0 Å². The van der Waals surface area contributed by atoms with Crippen LogP contribution in [0.1, 0.15) is 66.2 Å². The van der Waals surface area contributed by atoms with Gasteiger partial charge in [-0.15, -0.1) is 0 Å². The highest BCUT2D eigenvalue weighted by molar-refractivity contribution is 5.93. The first kappa shape index (κ1) is 14.9. The van der Waals surface area contributed by atoms with E-state index in [1.54, 1.807) is 6.92 Å². The van der Waals surface area contributed by atoms with Crippen molar-refractivity contribution in [3.63, 3.8) is 0 Å². The second-order valence-electron chi connectivity index (χ2n) is 5.49. The van der Waals surface area contributed by atoms with E-state index in [0.717, 1.165) is 44.1 Å². The van der Waals surface area contributed by atoms with E-state index in [2.05, 4.69) is 32.9 Å². The summed E-state index contributed by atoms with van der Waals surface area (Å²) < 4.78 is 0. The summed E-state index contributed by atoms with van der Waals surface area (Å²) in [5.74, 6) is 0.249. The Balaban J connectivity index is 2.92. The molecule has 0 bridgehead atoms. The van der Waals surface area contributed by atoms with Gasteiger partial charge in [-0.3, -0.25) is 4.79 Å². The molecule has 1 nitrogen and oxygen atoms in total. The molecule has 0 spiro atoms. The first-order valence-electron chi connectivity index (χ1n) is 7.01. The Kier molecular flexibility index (Phi) is 6.11. The third kappa shape index (κ3) is 5.03. The van der Waals surface area contributed by atoms with E-state index in [1.807, 2.05) is 0 Å². The summed E-state index contributed by atoms with van der Waals surface area (Å²) in [4.78, 5) is 11.7. The quantitative estimate of drug-likeness (QED) is 0.585. The van der Waals surface area contributed by atoms with Crippen LogP contribution in [0.4, 0.5) is 0 Å². The standard InChI is InChI=1S/C17H26O/c1-13-7-5-6-8-14(2)10-12-17(16(4)18)15(3)11-9-13/h7-8H,5-6,9-12H2,1-4H3. The summed E-state index contributed by atoms with van der Waals surface area (Å²) in [6.07, 6.45) is 11.0. The van der Waals surface area contributed by atoms with Crippen molar-refractivity contribution >= 4 is 5.78 Å². The molecule has 0 saturated carbocycles. The maximum absolute atomic E-state index is 11.7. The van der Waals surface area contributed by atoms with Crippen molar-refractivity contribution in [2.45, 2.75) is 66.2 Å². The van der Waals surface area contributed by atoms with Gasteiger partial charge in [0, 0.05) is 0 Å². The van der Waals surface area contributed by atoms with Crippen LogP contribution in [0.3, 0.4) is 0 Å². The first-order chi connectivity index (χ1) is 8.50. The maximum atomic E-state index is 11.7. The van der Waals surface area contributed by atoms with E-state index in [4.69, 9.17) is 0 Å². The fourth-order valence-electron chi connectivity index (χ4n) is 2.41. The SMILES string of the molecule is CC(=O)C1=C(C)CCC(C)=CCCC=C(C)CC1. The van der Waals surface area contributed by atoms with E-state index in [0.29, 0.717) is 0 Å². The highest BCUT2D eigenvalue weighted by Crippen LogP contribution is 2.22. The molecular formula is C17H26O. The van der Waals surface area contributed by atoms with Gasteiger partial charge in [0.25, 0.3) is 0 Å². The van der Waals surface area contributed by atoms with Gasteiger partial charge in [-0.1, -0.05) is 28.9 Å². The molecule has 1 heteroatoms. The molecule has 0 heterocycles. The Labute approximate surface area is 112 Å². The molecule has 1 aliphatic carbocycles. The summed E-state index contributed by atoms with van der Waals surface area (Å²) >= 11 is 0. The third-order valence-corrected chi connectivity index (χ3v) is 3.76. The summed E-state index contributed by atoms with van der Waals surface area (Å²) in [7, 11) is 0. The monoisotopic (exact) mass is 246 g/mol. The molecule has 18 heavy (non-hydrogen) atoms. The molecule has 0 radical (unpaired) electrons. The lowest BCUT2D eigenvalue weighted by molar-refractivity contribution is -0.113. The van der Waals surface area contributed by atoms with Gasteiger partial charge in [0.05, 0.1) is 0 Å². The van der Waals surface area contributed by atoms with Gasteiger partial charge in [-0.05, 0) is 71.8 Å². The van der Waals surface area contributed by atoms with E-state index in [-0.39, 0.29) is 5.78 Å². The van der Waals surface area contributed by atoms with E-state index in [1.165, 1.54) is 16.7 Å². The van der Waals surface area contributed by atoms with Crippen molar-refractivity contribution < 1.29 is 4.79 Å². The minimum Gasteiger partial charge on any atom is -0.295 e. The number of Topliss-reactive ketones (excluding diaryl/α,β-unsaturated/α-hetero) is 1. The number of allylic oxidation sites excluding steroid dienone is 6. The number of carbonyl (C=O) groups excluding carboxylic acids is 1. The molecule has 0 aromatic carbocycles. The number of hydrogen-bond acceptors (Lipinski definition) is 1. The Hall–Kier alpha value is -1.11. The van der Waals surface area contributed by atoms with Gasteiger partial charge < -0.3 is 0 Å². The molecule has 1 rings (SSSR count). The van der Waals surface area contributed by atoms with E-state index < -0.39 is 0 Å². The zero-order valence-corrected chi connectivity index (χ0v) is 12.3. The van der Waals surface area contributed by atoms with Gasteiger partial charge in [0.2, 0.25) is 0 Å². The summed E-state index contributed by atoms with van der Waals surface area (Å²) in [6, 6.07) is 0. The molecule has 1 aliphatic rings. The van der Waals surface area contributed by atoms with Crippen molar-refractivity contribution in [2.75, 3.05) is 0 Å². The van der Waals surface area contributed by atoms with E-state index >= 15 is 0 Å². The Bertz CT molecular complexity index is 394. The van der Waals surface area contributed by atoms with Crippen LogP contribution < -0.4 is 0 Å². The minimum atomic E-state index is 0.249. The molecule has 0 fully saturated rings. The zero-order chi connectivity index (χ0) is 13.5. The van der Waals surface area contributed by atoms with Gasteiger partial charge >= 0.3 is 0 Å². The Morgan fingerprint density at radius 1 is 0.889 bits per heavy atom. The van der Waals surface area contributed by atoms with Crippen LogP contribution in [0.15, 0.2) is 34.4 Å². The van der Waals surface area contributed by atoms with Crippen molar-refractivity contribution in [1.29, 1.82) is 0 Å². The number of hydrogen-bond donors (Lipinski definition) is 0. The molecule has 0 aromatic rings. The topological polar surface area (TPSA) is 17.1 Å². The van der Waals surface area contributed by atoms with Crippen molar-refractivity contribution in [1.82, 2.24) is 0 Å². The lowest BCUT2D eigenvalue weighted by atomic mass is 9.93. The maximum Gasteiger partial charge on any atom is 0.155 e. The fourth-order valence-corrected chi connectivity index (χ4v) is 2.41. The molecule has 0 N–H and O–H groups in total. The van der Waals surface area contributed by atoms with Crippen LogP contribution in [-0.2, 0) is 4.79 Å². The highest BCUT2D eigenvalue weighted by Gasteiger charge is 2.09. The molecule has 0 unspecified atom stereocenters. The first-order valence-corrected chi connectivity index (χ1v) is 7.01. The fraction of sp³-hybridized carbons (Fsp3) is 0.588. The largest absolute Gasteiger partial charge is 0.295 e. The van der Waals surface area contributed by atoms with Gasteiger partial charge in [-0.25, -0.2) is 0 Å². The average molecular weight is 246 g/mol. The second-order valence-corrected chi connectivity index (χ2v) is 5.49. The molecule has 0 atom stereocenters. The van der Waals surface area contributed by atoms with Crippen LogP contribution in [0, 0.1) is 0 Å². The van der Waals surface area contributed by atoms with E-state index in [9.17, 15) is 4.79 Å². The van der Waals surface area contributed by atoms with Crippen molar-refractivity contribution in [3.8, 4) is 0 Å². The minimum absolute atomic E-state index is 0.249. The van der Waals surface area contributed by atoms with Gasteiger partial charge in [-0.2, -0.15) is 0 Å². The predicted octanol–water partition coefficient (Wildman–Crippen LogP) is 5.14. The summed E-state index contributed by atoms with van der Waals surface area (Å²) in [5, 5.41) is 0. The smallest absolute Gasteiger partial charge is 0.155 e. The lowest BCUT2D eigenvalue weighted by Crippen LogP contribution is -2.02. The van der Waals surface area contributed by atoms with Crippen molar-refractivity contribution in [2.24, 2.45) is 0 Å². The molecular weight excluding hydrogens is 220 g/mol. The number of carbonyl (C=O) groups is 1. The third-order valence-electron chi connectivity index (χ3n) is 3.76. The molecule has 0 saturated heterocycles. The average Bonchev–Trinajstić information content (AvgIpc) is 2.30. The van der Waals surface area contributed by atoms with Crippen LogP contribution in [0.2, 0.25) is 0 Å². The van der Waals surface area contributed by atoms with Crippen LogP contribution >= 0.6 is 0 Å². The zero-order valence-electron chi connectivity index (χ0n) is 12.3. The van der Waals surface area contributed by atoms with Crippen LogP contribution in [-0.4, -0.2) is 5.78 Å². The predicted molar refractivity (Wildman–Crippen MR) is 78.6 cm³/mol.